The van der Waals surface area contributed by atoms with Crippen molar-refractivity contribution in [3.63, 3.8) is 0 Å². The van der Waals surface area contributed by atoms with E-state index in [4.69, 9.17) is 0 Å². The van der Waals surface area contributed by atoms with Gasteiger partial charge in [0, 0.05) is 12.3 Å². The van der Waals surface area contributed by atoms with Gasteiger partial charge < -0.3 is 14.3 Å². The highest BCUT2D eigenvalue weighted by Crippen LogP contribution is 2.26. The normalized spacial score (nSPS) is 20.8. The predicted octanol–water partition coefficient (Wildman–Crippen LogP) is 1.68. The molecule has 0 saturated heterocycles. The lowest BCUT2D eigenvalue weighted by Gasteiger charge is -2.21. The lowest BCUT2D eigenvalue weighted by molar-refractivity contribution is -0.160. The Balaban J connectivity index is 2.71. The average Bonchev–Trinajstić information content (AvgIpc) is 2.46. The van der Waals surface area contributed by atoms with E-state index in [-0.39, 0.29) is 17.6 Å². The number of rotatable bonds is 6. The molecule has 0 aromatic carbocycles. The summed E-state index contributed by atoms with van der Waals surface area (Å²) < 4.78 is 9.28. The highest BCUT2D eigenvalue weighted by atomic mass is 16.5. The van der Waals surface area contributed by atoms with Crippen molar-refractivity contribution in [2.24, 2.45) is 17.8 Å². The van der Waals surface area contributed by atoms with E-state index in [1.165, 1.54) is 14.2 Å². The van der Waals surface area contributed by atoms with Gasteiger partial charge in [0.05, 0.1) is 14.2 Å². The van der Waals surface area contributed by atoms with Crippen molar-refractivity contribution in [2.45, 2.75) is 19.8 Å². The second-order valence-corrected chi connectivity index (χ2v) is 4.78. The maximum absolute atomic E-state index is 11.7. The standard InChI is InChI=1S/C15H20O5/c1-10(16)4-5-11-6-8-12(9-7-11)13(14(17)19-2)15(18)20-3/h6-9,11-13H,4-5H2,1-3H3. The molecule has 0 radical (unpaired) electrons. The molecule has 1 aliphatic rings. The van der Waals surface area contributed by atoms with Gasteiger partial charge in [0.1, 0.15) is 5.78 Å². The molecule has 110 valence electrons. The third-order valence-electron chi connectivity index (χ3n) is 3.29. The Kier molecular flexibility index (Phi) is 6.15. The molecule has 0 aromatic rings. The third kappa shape index (κ3) is 4.33. The van der Waals surface area contributed by atoms with E-state index >= 15 is 0 Å². The van der Waals surface area contributed by atoms with Crippen LogP contribution in [0.25, 0.3) is 0 Å². The summed E-state index contributed by atoms with van der Waals surface area (Å²) in [7, 11) is 2.48. The number of carbonyl (C=O) groups excluding carboxylic acids is 3. The number of esters is 2. The van der Waals surface area contributed by atoms with Gasteiger partial charge in [-0.2, -0.15) is 0 Å². The van der Waals surface area contributed by atoms with E-state index in [0.29, 0.717) is 6.42 Å². The van der Waals surface area contributed by atoms with Crippen molar-refractivity contribution < 1.29 is 23.9 Å². The number of hydrogen-bond acceptors (Lipinski definition) is 5. The minimum atomic E-state index is -0.980. The minimum absolute atomic E-state index is 0.149. The predicted molar refractivity (Wildman–Crippen MR) is 72.7 cm³/mol. The van der Waals surface area contributed by atoms with E-state index in [1.54, 1.807) is 19.1 Å². The topological polar surface area (TPSA) is 69.7 Å². The molecule has 5 nitrogen and oxygen atoms in total. The molecule has 0 heterocycles. The molecule has 0 atom stereocenters. The van der Waals surface area contributed by atoms with Gasteiger partial charge >= 0.3 is 11.9 Å². The molecule has 0 amide bonds. The maximum Gasteiger partial charge on any atom is 0.320 e. The number of ether oxygens (including phenoxy) is 2. The van der Waals surface area contributed by atoms with E-state index < -0.39 is 17.9 Å². The van der Waals surface area contributed by atoms with Crippen molar-refractivity contribution in [2.75, 3.05) is 14.2 Å². The van der Waals surface area contributed by atoms with E-state index in [0.717, 1.165) is 6.42 Å². The van der Waals surface area contributed by atoms with Gasteiger partial charge in [0.15, 0.2) is 5.92 Å². The summed E-state index contributed by atoms with van der Waals surface area (Å²) in [4.78, 5) is 34.3. The fourth-order valence-electron chi connectivity index (χ4n) is 2.12. The van der Waals surface area contributed by atoms with Crippen molar-refractivity contribution >= 4 is 17.7 Å². The van der Waals surface area contributed by atoms with Crippen molar-refractivity contribution in [1.82, 2.24) is 0 Å². The molecule has 0 aliphatic heterocycles. The fourth-order valence-corrected chi connectivity index (χ4v) is 2.12. The monoisotopic (exact) mass is 280 g/mol. The first-order valence-electron chi connectivity index (χ1n) is 6.51. The van der Waals surface area contributed by atoms with Crippen LogP contribution in [0.15, 0.2) is 24.3 Å². The van der Waals surface area contributed by atoms with Gasteiger partial charge in [-0.1, -0.05) is 24.3 Å². The molecule has 0 spiro atoms. The Morgan fingerprint density at radius 2 is 1.50 bits per heavy atom. The van der Waals surface area contributed by atoms with E-state index in [1.807, 2.05) is 12.2 Å². The Hall–Kier alpha value is -1.91. The second kappa shape index (κ2) is 7.62. The number of methoxy groups -OCH3 is 2. The van der Waals surface area contributed by atoms with Gasteiger partial charge in [0.2, 0.25) is 0 Å². The minimum Gasteiger partial charge on any atom is -0.468 e. The zero-order valence-corrected chi connectivity index (χ0v) is 12.0. The number of Topliss-reactive ketones (excluding diaryl/α,β-unsaturated/α-hetero) is 1. The number of hydrogen-bond donors (Lipinski definition) is 0. The zero-order valence-electron chi connectivity index (χ0n) is 12.0. The van der Waals surface area contributed by atoms with Crippen LogP contribution in [-0.2, 0) is 23.9 Å². The zero-order chi connectivity index (χ0) is 15.1. The highest BCUT2D eigenvalue weighted by Gasteiger charge is 2.35. The summed E-state index contributed by atoms with van der Waals surface area (Å²) in [6, 6.07) is 0. The van der Waals surface area contributed by atoms with Crippen LogP contribution < -0.4 is 0 Å². The van der Waals surface area contributed by atoms with Crippen LogP contribution in [0.5, 0.6) is 0 Å². The SMILES string of the molecule is COC(=O)C(C(=O)OC)C1C=CC(CCC(C)=O)C=C1. The van der Waals surface area contributed by atoms with Crippen LogP contribution in [0, 0.1) is 17.8 Å². The van der Waals surface area contributed by atoms with Gasteiger partial charge in [0.25, 0.3) is 0 Å². The van der Waals surface area contributed by atoms with E-state index in [9.17, 15) is 14.4 Å². The summed E-state index contributed by atoms with van der Waals surface area (Å²) in [5.41, 5.74) is 0. The number of allylic oxidation sites excluding steroid dienone is 4. The summed E-state index contributed by atoms with van der Waals surface area (Å²) in [6.07, 6.45) is 8.66. The summed E-state index contributed by atoms with van der Waals surface area (Å²) in [6.45, 7) is 1.56. The van der Waals surface area contributed by atoms with Crippen LogP contribution >= 0.6 is 0 Å². The first-order chi connectivity index (χ1) is 9.49. The first kappa shape index (κ1) is 16.1. The molecule has 0 fully saturated rings. The molecule has 0 unspecified atom stereocenters. The van der Waals surface area contributed by atoms with Gasteiger partial charge in [-0.05, 0) is 19.3 Å². The van der Waals surface area contributed by atoms with Crippen LogP contribution in [0.2, 0.25) is 0 Å². The van der Waals surface area contributed by atoms with Crippen LogP contribution in [0.4, 0.5) is 0 Å². The molecule has 1 aliphatic carbocycles. The van der Waals surface area contributed by atoms with Gasteiger partial charge in [-0.15, -0.1) is 0 Å². The Morgan fingerprint density at radius 3 is 1.90 bits per heavy atom. The Labute approximate surface area is 118 Å². The van der Waals surface area contributed by atoms with Gasteiger partial charge in [-0.3, -0.25) is 9.59 Å². The first-order valence-corrected chi connectivity index (χ1v) is 6.51. The number of carbonyl (C=O) groups is 3. The highest BCUT2D eigenvalue weighted by molar-refractivity contribution is 5.95. The van der Waals surface area contributed by atoms with Crippen LogP contribution in [0.1, 0.15) is 19.8 Å². The lowest BCUT2D eigenvalue weighted by Crippen LogP contribution is -2.32. The van der Waals surface area contributed by atoms with Crippen molar-refractivity contribution in [1.29, 1.82) is 0 Å². The molecule has 5 heteroatoms. The van der Waals surface area contributed by atoms with Crippen molar-refractivity contribution in [3.05, 3.63) is 24.3 Å². The molecular weight excluding hydrogens is 260 g/mol. The lowest BCUT2D eigenvalue weighted by atomic mass is 9.85. The summed E-state index contributed by atoms with van der Waals surface area (Å²) >= 11 is 0. The molecule has 20 heavy (non-hydrogen) atoms. The fraction of sp³-hybridized carbons (Fsp3) is 0.533. The van der Waals surface area contributed by atoms with Gasteiger partial charge in [-0.25, -0.2) is 0 Å². The largest absolute Gasteiger partial charge is 0.468 e. The molecule has 0 aromatic heterocycles. The van der Waals surface area contributed by atoms with E-state index in [2.05, 4.69) is 9.47 Å². The maximum atomic E-state index is 11.7. The molecule has 0 saturated carbocycles. The summed E-state index contributed by atoms with van der Waals surface area (Å²) in [5, 5.41) is 0. The molecule has 1 rings (SSSR count). The Morgan fingerprint density at radius 1 is 1.00 bits per heavy atom. The molecule has 0 N–H and O–H groups in total. The third-order valence-corrected chi connectivity index (χ3v) is 3.29. The smallest absolute Gasteiger partial charge is 0.320 e. The second-order valence-electron chi connectivity index (χ2n) is 4.78. The van der Waals surface area contributed by atoms with Crippen LogP contribution in [0.3, 0.4) is 0 Å². The Bertz CT molecular complexity index is 406. The quantitative estimate of drug-likeness (QED) is 0.420. The molecule has 0 bridgehead atoms. The molecular formula is C15H20O5. The van der Waals surface area contributed by atoms with Crippen LogP contribution in [-0.4, -0.2) is 31.9 Å². The summed E-state index contributed by atoms with van der Waals surface area (Å²) in [5.74, 6) is -2.27. The average molecular weight is 280 g/mol. The van der Waals surface area contributed by atoms with Crippen molar-refractivity contribution in [3.8, 4) is 0 Å². The number of ketones is 1.